The maximum absolute atomic E-state index is 11.7. The van der Waals surface area contributed by atoms with Crippen LogP contribution in [0.5, 0.6) is 0 Å². The van der Waals surface area contributed by atoms with Gasteiger partial charge >= 0.3 is 6.03 Å². The van der Waals surface area contributed by atoms with Crippen LogP contribution in [-0.4, -0.2) is 6.03 Å². The van der Waals surface area contributed by atoms with Crippen molar-refractivity contribution >= 4 is 29.0 Å². The van der Waals surface area contributed by atoms with Gasteiger partial charge in [0, 0.05) is 22.9 Å². The fourth-order valence-corrected chi connectivity index (χ4v) is 1.68. The molecule has 98 valence electrons. The van der Waals surface area contributed by atoms with Gasteiger partial charge in [0.2, 0.25) is 0 Å². The first-order valence-electron chi connectivity index (χ1n) is 5.80. The minimum absolute atomic E-state index is 0.303. The summed E-state index contributed by atoms with van der Waals surface area (Å²) in [5, 5.41) is 6.07. The number of nitrogens with two attached hydrogens (primary N) is 1. The van der Waals surface area contributed by atoms with Crippen molar-refractivity contribution < 1.29 is 4.79 Å². The molecule has 0 aliphatic heterocycles. The standard InChI is InChI=1S/C14H14ClN3O/c15-11-3-7-13(8-4-11)18-14(19)17-12-5-1-10(9-16)2-6-12/h1-8H,9,16H2,(H2,17,18,19). The quantitative estimate of drug-likeness (QED) is 0.803. The summed E-state index contributed by atoms with van der Waals surface area (Å²) in [4.78, 5) is 11.7. The Balaban J connectivity index is 1.95. The Labute approximate surface area is 116 Å². The molecule has 4 nitrogen and oxygen atoms in total. The molecule has 2 rings (SSSR count). The zero-order valence-electron chi connectivity index (χ0n) is 10.2. The van der Waals surface area contributed by atoms with Gasteiger partial charge in [-0.1, -0.05) is 23.7 Å². The van der Waals surface area contributed by atoms with Crippen molar-refractivity contribution in [3.05, 3.63) is 59.1 Å². The lowest BCUT2D eigenvalue weighted by Crippen LogP contribution is -2.19. The third-order valence-corrected chi connectivity index (χ3v) is 2.80. The van der Waals surface area contributed by atoms with Crippen molar-refractivity contribution in [2.75, 3.05) is 10.6 Å². The van der Waals surface area contributed by atoms with Crippen LogP contribution in [0.2, 0.25) is 5.02 Å². The maximum atomic E-state index is 11.7. The van der Waals surface area contributed by atoms with Crippen LogP contribution in [-0.2, 0) is 6.54 Å². The van der Waals surface area contributed by atoms with E-state index in [1.54, 1.807) is 24.3 Å². The molecule has 0 spiro atoms. The highest BCUT2D eigenvalue weighted by Gasteiger charge is 2.02. The minimum atomic E-state index is -0.303. The maximum Gasteiger partial charge on any atom is 0.323 e. The van der Waals surface area contributed by atoms with E-state index in [9.17, 15) is 4.79 Å². The van der Waals surface area contributed by atoms with E-state index in [-0.39, 0.29) is 6.03 Å². The Hall–Kier alpha value is -2.04. The fraction of sp³-hybridized carbons (Fsp3) is 0.0714. The number of carbonyl (C=O) groups excluding carboxylic acids is 1. The highest BCUT2D eigenvalue weighted by Crippen LogP contribution is 2.14. The molecule has 2 amide bonds. The van der Waals surface area contributed by atoms with Gasteiger partial charge in [-0.15, -0.1) is 0 Å². The summed E-state index contributed by atoms with van der Waals surface area (Å²) in [7, 11) is 0. The number of rotatable bonds is 3. The molecule has 5 heteroatoms. The molecule has 4 N–H and O–H groups in total. The monoisotopic (exact) mass is 275 g/mol. The van der Waals surface area contributed by atoms with Crippen LogP contribution >= 0.6 is 11.6 Å². The minimum Gasteiger partial charge on any atom is -0.326 e. The van der Waals surface area contributed by atoms with Crippen LogP contribution < -0.4 is 16.4 Å². The van der Waals surface area contributed by atoms with E-state index in [0.717, 1.165) is 5.56 Å². The third kappa shape index (κ3) is 3.98. The molecule has 0 saturated heterocycles. The zero-order chi connectivity index (χ0) is 13.7. The van der Waals surface area contributed by atoms with Crippen LogP contribution in [0.25, 0.3) is 0 Å². The first-order chi connectivity index (χ1) is 9.17. The first-order valence-corrected chi connectivity index (χ1v) is 6.18. The van der Waals surface area contributed by atoms with E-state index >= 15 is 0 Å². The molecule has 0 heterocycles. The summed E-state index contributed by atoms with van der Waals surface area (Å²) in [5.74, 6) is 0. The average Bonchev–Trinajstić information content (AvgIpc) is 2.42. The van der Waals surface area contributed by atoms with Crippen LogP contribution in [0.1, 0.15) is 5.56 Å². The number of benzene rings is 2. The van der Waals surface area contributed by atoms with Gasteiger partial charge < -0.3 is 16.4 Å². The summed E-state index contributed by atoms with van der Waals surface area (Å²) in [6, 6.07) is 14.0. The molecular formula is C14H14ClN3O. The van der Waals surface area contributed by atoms with Gasteiger partial charge in [0.05, 0.1) is 0 Å². The molecule has 0 aromatic heterocycles. The van der Waals surface area contributed by atoms with E-state index in [1.165, 1.54) is 0 Å². The van der Waals surface area contributed by atoms with Crippen molar-refractivity contribution in [1.82, 2.24) is 0 Å². The van der Waals surface area contributed by atoms with Gasteiger partial charge in [0.1, 0.15) is 0 Å². The summed E-state index contributed by atoms with van der Waals surface area (Å²) in [6.07, 6.45) is 0. The Morgan fingerprint density at radius 3 is 1.89 bits per heavy atom. The van der Waals surface area contributed by atoms with Gasteiger partial charge in [-0.05, 0) is 42.0 Å². The van der Waals surface area contributed by atoms with Gasteiger partial charge in [-0.3, -0.25) is 0 Å². The Bertz CT molecular complexity index is 552. The van der Waals surface area contributed by atoms with Gasteiger partial charge in [-0.2, -0.15) is 0 Å². The van der Waals surface area contributed by atoms with Crippen molar-refractivity contribution in [3.8, 4) is 0 Å². The molecule has 0 saturated carbocycles. The van der Waals surface area contributed by atoms with E-state index in [0.29, 0.717) is 22.9 Å². The van der Waals surface area contributed by atoms with Crippen molar-refractivity contribution in [2.24, 2.45) is 5.73 Å². The molecule has 2 aromatic rings. The van der Waals surface area contributed by atoms with Crippen molar-refractivity contribution in [1.29, 1.82) is 0 Å². The third-order valence-electron chi connectivity index (χ3n) is 2.55. The molecule has 0 aliphatic carbocycles. The molecule has 0 bridgehead atoms. The second-order valence-corrected chi connectivity index (χ2v) is 4.42. The lowest BCUT2D eigenvalue weighted by atomic mass is 10.2. The number of carbonyl (C=O) groups is 1. The van der Waals surface area contributed by atoms with Crippen molar-refractivity contribution in [2.45, 2.75) is 6.54 Å². The second kappa shape index (κ2) is 6.22. The van der Waals surface area contributed by atoms with E-state index in [4.69, 9.17) is 17.3 Å². The lowest BCUT2D eigenvalue weighted by Gasteiger charge is -2.08. The topological polar surface area (TPSA) is 67.1 Å². The highest BCUT2D eigenvalue weighted by atomic mass is 35.5. The normalized spacial score (nSPS) is 10.0. The van der Waals surface area contributed by atoms with Crippen LogP contribution in [0.3, 0.4) is 0 Å². The van der Waals surface area contributed by atoms with Crippen LogP contribution in [0.15, 0.2) is 48.5 Å². The van der Waals surface area contributed by atoms with Gasteiger partial charge in [0.25, 0.3) is 0 Å². The number of nitrogens with one attached hydrogen (secondary N) is 2. The molecule has 0 radical (unpaired) electrons. The number of hydrogen-bond acceptors (Lipinski definition) is 2. The van der Waals surface area contributed by atoms with Crippen LogP contribution in [0.4, 0.5) is 16.2 Å². The molecule has 0 atom stereocenters. The summed E-state index contributed by atoms with van der Waals surface area (Å²) in [5.41, 5.74) is 7.92. The van der Waals surface area contributed by atoms with Gasteiger partial charge in [-0.25, -0.2) is 4.79 Å². The smallest absolute Gasteiger partial charge is 0.323 e. The highest BCUT2D eigenvalue weighted by molar-refractivity contribution is 6.30. The van der Waals surface area contributed by atoms with E-state index < -0.39 is 0 Å². The molecular weight excluding hydrogens is 262 g/mol. The summed E-state index contributed by atoms with van der Waals surface area (Å²) in [6.45, 7) is 0.483. The number of halogens is 1. The predicted octanol–water partition coefficient (Wildman–Crippen LogP) is 3.44. The Kier molecular flexibility index (Phi) is 4.39. The summed E-state index contributed by atoms with van der Waals surface area (Å²) < 4.78 is 0. The number of anilines is 2. The lowest BCUT2D eigenvalue weighted by molar-refractivity contribution is 0.262. The number of urea groups is 1. The molecule has 19 heavy (non-hydrogen) atoms. The largest absolute Gasteiger partial charge is 0.326 e. The van der Waals surface area contributed by atoms with Crippen molar-refractivity contribution in [3.63, 3.8) is 0 Å². The van der Waals surface area contributed by atoms with E-state index in [1.807, 2.05) is 24.3 Å². The van der Waals surface area contributed by atoms with E-state index in [2.05, 4.69) is 10.6 Å². The average molecular weight is 276 g/mol. The number of hydrogen-bond donors (Lipinski definition) is 3. The number of amides is 2. The Morgan fingerprint density at radius 2 is 1.42 bits per heavy atom. The first kappa shape index (κ1) is 13.4. The van der Waals surface area contributed by atoms with Crippen LogP contribution in [0, 0.1) is 0 Å². The molecule has 0 fully saturated rings. The molecule has 0 unspecified atom stereocenters. The Morgan fingerprint density at radius 1 is 0.947 bits per heavy atom. The van der Waals surface area contributed by atoms with Gasteiger partial charge in [0.15, 0.2) is 0 Å². The summed E-state index contributed by atoms with van der Waals surface area (Å²) >= 11 is 5.77. The fourth-order valence-electron chi connectivity index (χ4n) is 1.55. The SMILES string of the molecule is NCc1ccc(NC(=O)Nc2ccc(Cl)cc2)cc1. The zero-order valence-corrected chi connectivity index (χ0v) is 10.9. The molecule has 0 aliphatic rings. The molecule has 2 aromatic carbocycles. The second-order valence-electron chi connectivity index (χ2n) is 3.99. The predicted molar refractivity (Wildman–Crippen MR) is 78.4 cm³/mol.